The van der Waals surface area contributed by atoms with Crippen molar-refractivity contribution in [1.29, 1.82) is 5.26 Å². The molecule has 14 aromatic rings. The van der Waals surface area contributed by atoms with Gasteiger partial charge in [-0.2, -0.15) is 5.26 Å². The zero-order chi connectivity index (χ0) is 43.5. The number of hydrogen-bond acceptors (Lipinski definition) is 2. The lowest BCUT2D eigenvalue weighted by atomic mass is 9.94. The summed E-state index contributed by atoms with van der Waals surface area (Å²) in [6, 6.07) is 81.4. The maximum absolute atomic E-state index is 10.8. The van der Waals surface area contributed by atoms with Gasteiger partial charge in [-0.3, -0.25) is 0 Å². The molecule has 0 bridgehead atoms. The maximum atomic E-state index is 10.8. The third-order valence-corrected chi connectivity index (χ3v) is 14.8. The molecule has 0 unspecified atom stereocenters. The van der Waals surface area contributed by atoms with E-state index >= 15 is 0 Å². The Hall–Kier alpha value is -8.69. The number of fused-ring (bicyclic) bond motifs is 13. The molecule has 4 heterocycles. The molecule has 0 amide bonds. The molecular weight excluding hydrogens is 821 g/mol. The van der Waals surface area contributed by atoms with Crippen LogP contribution in [0.15, 0.2) is 218 Å². The van der Waals surface area contributed by atoms with Crippen LogP contribution in [0.2, 0.25) is 0 Å². The number of hydrogen-bond donors (Lipinski definition) is 0. The molecule has 0 aliphatic rings. The number of thiophene rings is 1. The number of para-hydroxylation sites is 4. The molecule has 4 nitrogen and oxygen atoms in total. The van der Waals surface area contributed by atoms with Crippen molar-refractivity contribution in [2.45, 2.75) is 0 Å². The molecule has 0 radical (unpaired) electrons. The number of rotatable bonds is 5. The molecule has 0 fully saturated rings. The summed E-state index contributed by atoms with van der Waals surface area (Å²) in [5, 5.41) is 20.6. The topological polar surface area (TPSA) is 38.6 Å². The number of aromatic nitrogens is 3. The largest absolute Gasteiger partial charge is 0.309 e. The molecule has 14 rings (SSSR count). The zero-order valence-corrected chi connectivity index (χ0v) is 36.3. The Kier molecular flexibility index (Phi) is 7.88. The van der Waals surface area contributed by atoms with E-state index < -0.39 is 0 Å². The van der Waals surface area contributed by atoms with Crippen molar-refractivity contribution in [1.82, 2.24) is 13.7 Å². The molecule has 4 aromatic heterocycles. The Morgan fingerprint density at radius 3 is 1.68 bits per heavy atom. The summed E-state index contributed by atoms with van der Waals surface area (Å²) in [5.41, 5.74) is 14.7. The van der Waals surface area contributed by atoms with E-state index in [1.54, 1.807) is 0 Å². The van der Waals surface area contributed by atoms with E-state index in [9.17, 15) is 5.26 Å². The highest BCUT2D eigenvalue weighted by Crippen LogP contribution is 2.45. The van der Waals surface area contributed by atoms with Crippen LogP contribution in [-0.2, 0) is 0 Å². The molecule has 306 valence electrons. The summed E-state index contributed by atoms with van der Waals surface area (Å²) in [4.78, 5) is 0. The van der Waals surface area contributed by atoms with E-state index in [0.29, 0.717) is 5.56 Å². The molecule has 66 heavy (non-hydrogen) atoms. The summed E-state index contributed by atoms with van der Waals surface area (Å²) < 4.78 is 9.86. The zero-order valence-electron chi connectivity index (χ0n) is 35.5. The minimum Gasteiger partial charge on any atom is -0.309 e. The van der Waals surface area contributed by atoms with Crippen LogP contribution in [0.25, 0.3) is 125 Å². The normalized spacial score (nSPS) is 11.9. The first-order valence-corrected chi connectivity index (χ1v) is 23.1. The Labute approximate surface area is 383 Å². The molecule has 0 spiro atoms. The standard InChI is InChI=1S/C61H36N4S/c62-37-40-28-27-39(38-15-3-1-4-16-38)33-50(40)41-31-43(34-44(32-41)64-53-23-11-8-20-46(53)51-35-52-47-21-10-14-26-58(47)66-59(52)36-57(51)64)63-55-25-13-9-22-49(55)60-56(63)30-29-48-45-19-7-12-24-54(45)65(61(48)60)42-17-5-2-6-18-42/h1-36H. The van der Waals surface area contributed by atoms with Gasteiger partial charge in [-0.25, -0.2) is 0 Å². The van der Waals surface area contributed by atoms with Gasteiger partial charge >= 0.3 is 0 Å². The van der Waals surface area contributed by atoms with E-state index in [4.69, 9.17) is 0 Å². The van der Waals surface area contributed by atoms with Crippen molar-refractivity contribution in [3.63, 3.8) is 0 Å². The van der Waals surface area contributed by atoms with Crippen LogP contribution in [0.3, 0.4) is 0 Å². The molecule has 5 heteroatoms. The van der Waals surface area contributed by atoms with Gasteiger partial charge in [-0.05, 0) is 102 Å². The Morgan fingerprint density at radius 2 is 0.939 bits per heavy atom. The predicted octanol–water partition coefficient (Wildman–Crippen LogP) is 16.6. The van der Waals surface area contributed by atoms with Gasteiger partial charge in [0.05, 0.1) is 44.7 Å². The van der Waals surface area contributed by atoms with Gasteiger partial charge in [-0.1, -0.05) is 133 Å². The van der Waals surface area contributed by atoms with Crippen LogP contribution in [0.4, 0.5) is 0 Å². The average Bonchev–Trinajstić information content (AvgIpc) is 4.12. The van der Waals surface area contributed by atoms with Gasteiger partial charge in [0.1, 0.15) is 0 Å². The van der Waals surface area contributed by atoms with E-state index in [1.807, 2.05) is 23.5 Å². The fourth-order valence-electron chi connectivity index (χ4n) is 10.8. The second-order valence-corrected chi connectivity index (χ2v) is 18.3. The van der Waals surface area contributed by atoms with Crippen molar-refractivity contribution in [3.8, 4) is 45.4 Å². The fourth-order valence-corrected chi connectivity index (χ4v) is 11.9. The second kappa shape index (κ2) is 14.2. The average molecular weight is 857 g/mol. The van der Waals surface area contributed by atoms with Gasteiger partial charge in [-0.15, -0.1) is 11.3 Å². The summed E-state index contributed by atoms with van der Waals surface area (Å²) >= 11 is 1.84. The summed E-state index contributed by atoms with van der Waals surface area (Å²) in [6.07, 6.45) is 0. The quantitative estimate of drug-likeness (QED) is 0.170. The van der Waals surface area contributed by atoms with Gasteiger partial charge in [0.25, 0.3) is 0 Å². The summed E-state index contributed by atoms with van der Waals surface area (Å²) in [5.74, 6) is 0. The van der Waals surface area contributed by atoms with E-state index in [2.05, 4.69) is 226 Å². The molecule has 10 aromatic carbocycles. The number of benzene rings is 10. The minimum absolute atomic E-state index is 0.628. The fraction of sp³-hybridized carbons (Fsp3) is 0. The smallest absolute Gasteiger partial charge is 0.0998 e. The van der Waals surface area contributed by atoms with Crippen LogP contribution < -0.4 is 0 Å². The highest BCUT2D eigenvalue weighted by molar-refractivity contribution is 7.25. The molecule has 0 N–H and O–H groups in total. The van der Waals surface area contributed by atoms with Crippen LogP contribution in [0.5, 0.6) is 0 Å². The van der Waals surface area contributed by atoms with Crippen LogP contribution in [0, 0.1) is 11.3 Å². The van der Waals surface area contributed by atoms with E-state index in [0.717, 1.165) is 61.4 Å². The molecular formula is C61H36N4S. The Balaban J connectivity index is 1.12. The molecule has 0 atom stereocenters. The SMILES string of the molecule is N#Cc1ccc(-c2ccccc2)cc1-c1cc(-n2c3ccccc3c3cc4c(cc32)sc2ccccc24)cc(-n2c3ccccc3c3c2ccc2c4ccccc4n(-c4ccccc4)c23)c1. The molecule has 0 aliphatic heterocycles. The highest BCUT2D eigenvalue weighted by atomic mass is 32.1. The van der Waals surface area contributed by atoms with Crippen LogP contribution in [0.1, 0.15) is 5.56 Å². The van der Waals surface area contributed by atoms with E-state index in [-0.39, 0.29) is 0 Å². The van der Waals surface area contributed by atoms with Gasteiger partial charge < -0.3 is 13.7 Å². The Morgan fingerprint density at radius 1 is 0.333 bits per heavy atom. The summed E-state index contributed by atoms with van der Waals surface area (Å²) in [6.45, 7) is 0. The first kappa shape index (κ1) is 36.8. The van der Waals surface area contributed by atoms with Crippen LogP contribution >= 0.6 is 11.3 Å². The molecule has 0 saturated carbocycles. The van der Waals surface area contributed by atoms with Gasteiger partial charge in [0.2, 0.25) is 0 Å². The predicted molar refractivity (Wildman–Crippen MR) is 278 cm³/mol. The second-order valence-electron chi connectivity index (χ2n) is 17.2. The number of nitriles is 1. The van der Waals surface area contributed by atoms with Crippen molar-refractivity contribution in [3.05, 3.63) is 224 Å². The van der Waals surface area contributed by atoms with Gasteiger partial charge in [0, 0.05) is 75.1 Å². The highest BCUT2D eigenvalue weighted by Gasteiger charge is 2.23. The monoisotopic (exact) mass is 856 g/mol. The lowest BCUT2D eigenvalue weighted by Gasteiger charge is -2.17. The van der Waals surface area contributed by atoms with Crippen molar-refractivity contribution >= 4 is 96.9 Å². The number of nitrogens with zero attached hydrogens (tertiary/aromatic N) is 4. The van der Waals surface area contributed by atoms with Crippen LogP contribution in [-0.4, -0.2) is 13.7 Å². The maximum Gasteiger partial charge on any atom is 0.0998 e. The van der Waals surface area contributed by atoms with Crippen molar-refractivity contribution in [2.75, 3.05) is 0 Å². The lowest BCUT2D eigenvalue weighted by Crippen LogP contribution is -2.01. The minimum atomic E-state index is 0.628. The van der Waals surface area contributed by atoms with Crippen molar-refractivity contribution < 1.29 is 0 Å². The van der Waals surface area contributed by atoms with E-state index in [1.165, 1.54) is 63.5 Å². The first-order valence-electron chi connectivity index (χ1n) is 22.3. The lowest BCUT2D eigenvalue weighted by molar-refractivity contribution is 1.13. The summed E-state index contributed by atoms with van der Waals surface area (Å²) in [7, 11) is 0. The first-order chi connectivity index (χ1) is 32.7. The molecule has 0 aliphatic carbocycles. The van der Waals surface area contributed by atoms with Crippen molar-refractivity contribution in [2.24, 2.45) is 0 Å². The van der Waals surface area contributed by atoms with Gasteiger partial charge in [0.15, 0.2) is 0 Å². The third kappa shape index (κ3) is 5.31. The Bertz CT molecular complexity index is 4350. The molecule has 0 saturated heterocycles. The third-order valence-electron chi connectivity index (χ3n) is 13.6.